The van der Waals surface area contributed by atoms with Gasteiger partial charge in [0.25, 0.3) is 5.56 Å². The van der Waals surface area contributed by atoms with Crippen LogP contribution in [-0.4, -0.2) is 18.7 Å². The first-order valence-corrected chi connectivity index (χ1v) is 11.0. The lowest BCUT2D eigenvalue weighted by Gasteiger charge is -2.18. The number of hydrogen-bond acceptors (Lipinski definition) is 3. The first-order chi connectivity index (χ1) is 16.0. The molecule has 1 atom stereocenters. The molecule has 0 aliphatic rings. The number of imidazole rings is 1. The highest BCUT2D eigenvalue weighted by Crippen LogP contribution is 2.20. The minimum absolute atomic E-state index is 0.305. The summed E-state index contributed by atoms with van der Waals surface area (Å²) in [6.45, 7) is 2.31. The highest BCUT2D eigenvalue weighted by molar-refractivity contribution is 6.30. The fraction of sp³-hybridized carbons (Fsp3) is 0.115. The summed E-state index contributed by atoms with van der Waals surface area (Å²) in [7, 11) is 0. The van der Waals surface area contributed by atoms with Crippen LogP contribution in [0, 0.1) is 0 Å². The average molecular weight is 457 g/mol. The van der Waals surface area contributed by atoms with E-state index >= 15 is 0 Å². The van der Waals surface area contributed by atoms with E-state index in [-0.39, 0.29) is 5.56 Å². The van der Waals surface area contributed by atoms with E-state index in [0.717, 1.165) is 11.1 Å². The molecule has 7 heteroatoms. The Bertz CT molecular complexity index is 1550. The summed E-state index contributed by atoms with van der Waals surface area (Å²) in [5, 5.41) is 0.491. The van der Waals surface area contributed by atoms with Gasteiger partial charge in [-0.05, 0) is 36.2 Å². The molecule has 0 fully saturated rings. The van der Waals surface area contributed by atoms with Gasteiger partial charge >= 0.3 is 5.69 Å². The summed E-state index contributed by atoms with van der Waals surface area (Å²) in [4.78, 5) is 32.0. The Balaban J connectivity index is 1.82. The zero-order valence-corrected chi connectivity index (χ0v) is 18.7. The van der Waals surface area contributed by atoms with Gasteiger partial charge in [0, 0.05) is 11.6 Å². The Morgan fingerprint density at radius 1 is 0.909 bits per heavy atom. The first kappa shape index (κ1) is 21.0. The van der Waals surface area contributed by atoms with Gasteiger partial charge in [-0.15, -0.1) is 0 Å². The van der Waals surface area contributed by atoms with Gasteiger partial charge in [-0.1, -0.05) is 78.3 Å². The average Bonchev–Trinajstić information content (AvgIpc) is 3.23. The van der Waals surface area contributed by atoms with Crippen molar-refractivity contribution < 1.29 is 0 Å². The quantitative estimate of drug-likeness (QED) is 0.386. The molecule has 5 rings (SSSR count). The Morgan fingerprint density at radius 3 is 2.30 bits per heavy atom. The summed E-state index contributed by atoms with van der Waals surface area (Å²) in [6.07, 6.45) is 1.61. The lowest BCUT2D eigenvalue weighted by molar-refractivity contribution is 0.569. The van der Waals surface area contributed by atoms with Crippen molar-refractivity contribution >= 4 is 22.8 Å². The largest absolute Gasteiger partial charge is 0.337 e. The molecule has 2 heterocycles. The van der Waals surface area contributed by atoms with E-state index in [4.69, 9.17) is 11.6 Å². The lowest BCUT2D eigenvalue weighted by Crippen LogP contribution is -2.42. The van der Waals surface area contributed by atoms with E-state index in [1.165, 1.54) is 9.13 Å². The van der Waals surface area contributed by atoms with Gasteiger partial charge in [0.15, 0.2) is 11.2 Å². The molecule has 0 amide bonds. The molecule has 2 aromatic heterocycles. The monoisotopic (exact) mass is 456 g/mol. The van der Waals surface area contributed by atoms with Crippen molar-refractivity contribution in [3.05, 3.63) is 128 Å². The van der Waals surface area contributed by atoms with Crippen molar-refractivity contribution in [1.29, 1.82) is 0 Å². The molecular formula is C26H21ClN4O2. The van der Waals surface area contributed by atoms with Crippen LogP contribution in [0.1, 0.15) is 24.1 Å². The molecule has 0 N–H and O–H groups in total. The fourth-order valence-electron chi connectivity index (χ4n) is 4.12. The second kappa shape index (κ2) is 8.56. The number of hydrogen-bond donors (Lipinski definition) is 0. The molecule has 33 heavy (non-hydrogen) atoms. The molecule has 164 valence electrons. The van der Waals surface area contributed by atoms with E-state index < -0.39 is 11.7 Å². The van der Waals surface area contributed by atoms with Crippen LogP contribution in [-0.2, 0) is 6.54 Å². The second-order valence-electron chi connectivity index (χ2n) is 7.89. The Hall–Kier alpha value is -3.90. The van der Waals surface area contributed by atoms with Gasteiger partial charge in [0.1, 0.15) is 0 Å². The summed E-state index contributed by atoms with van der Waals surface area (Å²) in [5.74, 6) is 0. The van der Waals surface area contributed by atoms with Gasteiger partial charge in [0.05, 0.1) is 18.1 Å². The highest BCUT2D eigenvalue weighted by Gasteiger charge is 2.23. The molecule has 0 aliphatic heterocycles. The Morgan fingerprint density at radius 2 is 1.61 bits per heavy atom. The molecule has 5 aromatic rings. The van der Waals surface area contributed by atoms with Crippen molar-refractivity contribution in [2.24, 2.45) is 0 Å². The van der Waals surface area contributed by atoms with Crippen molar-refractivity contribution in [1.82, 2.24) is 18.7 Å². The normalized spacial score (nSPS) is 12.2. The van der Waals surface area contributed by atoms with Crippen LogP contribution < -0.4 is 11.2 Å². The molecule has 3 aromatic carbocycles. The molecule has 6 nitrogen and oxygen atoms in total. The molecule has 0 unspecified atom stereocenters. The topological polar surface area (TPSA) is 61.8 Å². The Kier molecular flexibility index (Phi) is 5.44. The number of fused-ring (bicyclic) bond motifs is 1. The molecule has 0 aliphatic carbocycles. The number of halogens is 1. The predicted molar refractivity (Wildman–Crippen MR) is 130 cm³/mol. The smallest absolute Gasteiger partial charge is 0.320 e. The van der Waals surface area contributed by atoms with E-state index in [1.807, 2.05) is 67.6 Å². The van der Waals surface area contributed by atoms with Crippen LogP contribution in [0.4, 0.5) is 0 Å². The van der Waals surface area contributed by atoms with E-state index in [1.54, 1.807) is 35.2 Å². The molecule has 0 saturated heterocycles. The number of rotatable bonds is 5. The second-order valence-corrected chi connectivity index (χ2v) is 8.33. The number of aromatic nitrogens is 4. The van der Waals surface area contributed by atoms with Crippen LogP contribution in [0.2, 0.25) is 5.02 Å². The molecule has 0 radical (unpaired) electrons. The summed E-state index contributed by atoms with van der Waals surface area (Å²) < 4.78 is 4.55. The van der Waals surface area contributed by atoms with Gasteiger partial charge in [-0.2, -0.15) is 0 Å². The molecule has 0 saturated carbocycles. The number of benzene rings is 3. The standard InChI is InChI=1S/C26H21ClN4O2/c1-18(20-11-6-3-7-12-20)30-25(32)23-24(28-17-29(23)16-19-9-4-2-5-10-19)31(26(30)33)22-14-8-13-21(27)15-22/h2-15,17-18H,16H2,1H3/t18-/m1/s1. The minimum Gasteiger partial charge on any atom is -0.320 e. The minimum atomic E-state index is -0.471. The van der Waals surface area contributed by atoms with Crippen molar-refractivity contribution in [2.75, 3.05) is 0 Å². The van der Waals surface area contributed by atoms with Crippen LogP contribution in [0.15, 0.2) is 101 Å². The van der Waals surface area contributed by atoms with Gasteiger partial charge in [-0.25, -0.2) is 14.3 Å². The van der Waals surface area contributed by atoms with Crippen molar-refractivity contribution in [3.63, 3.8) is 0 Å². The van der Waals surface area contributed by atoms with Crippen LogP contribution >= 0.6 is 11.6 Å². The maximum Gasteiger partial charge on any atom is 0.337 e. The number of nitrogens with zero attached hydrogens (tertiary/aromatic N) is 4. The summed E-state index contributed by atoms with van der Waals surface area (Å²) in [5.41, 5.74) is 2.27. The fourth-order valence-corrected chi connectivity index (χ4v) is 4.31. The summed E-state index contributed by atoms with van der Waals surface area (Å²) in [6, 6.07) is 25.9. The Labute approximate surface area is 195 Å². The molecule has 0 bridgehead atoms. The molecule has 0 spiro atoms. The maximum atomic E-state index is 13.7. The van der Waals surface area contributed by atoms with Gasteiger partial charge < -0.3 is 4.57 Å². The van der Waals surface area contributed by atoms with Crippen molar-refractivity contribution in [2.45, 2.75) is 19.5 Å². The molecular weight excluding hydrogens is 436 g/mol. The van der Waals surface area contributed by atoms with Crippen LogP contribution in [0.5, 0.6) is 0 Å². The van der Waals surface area contributed by atoms with Crippen LogP contribution in [0.25, 0.3) is 16.9 Å². The zero-order chi connectivity index (χ0) is 22.9. The third kappa shape index (κ3) is 3.79. The SMILES string of the molecule is C[C@H](c1ccccc1)n1c(=O)c2c(ncn2Cc2ccccc2)n(-c2cccc(Cl)c2)c1=O. The first-order valence-electron chi connectivity index (χ1n) is 10.6. The zero-order valence-electron chi connectivity index (χ0n) is 17.9. The lowest BCUT2D eigenvalue weighted by atomic mass is 10.1. The van der Waals surface area contributed by atoms with E-state index in [9.17, 15) is 9.59 Å². The van der Waals surface area contributed by atoms with E-state index in [0.29, 0.717) is 28.4 Å². The summed E-state index contributed by atoms with van der Waals surface area (Å²) >= 11 is 6.23. The third-order valence-electron chi connectivity index (χ3n) is 5.78. The van der Waals surface area contributed by atoms with Gasteiger partial charge in [-0.3, -0.25) is 9.36 Å². The van der Waals surface area contributed by atoms with Gasteiger partial charge in [0.2, 0.25) is 0 Å². The van der Waals surface area contributed by atoms with Crippen molar-refractivity contribution in [3.8, 4) is 5.69 Å². The maximum absolute atomic E-state index is 13.7. The third-order valence-corrected chi connectivity index (χ3v) is 6.02. The predicted octanol–water partition coefficient (Wildman–Crippen LogP) is 4.66. The van der Waals surface area contributed by atoms with Crippen LogP contribution in [0.3, 0.4) is 0 Å². The highest BCUT2D eigenvalue weighted by atomic mass is 35.5. The van der Waals surface area contributed by atoms with E-state index in [2.05, 4.69) is 4.98 Å².